The molecule has 1 heterocycles. The standard InChI is InChI=1S/C11H10N/c1-2-11-10-6-4-3-5-9(10)7-8-12-11/h4-8H,2H2,1H3. The highest BCUT2D eigenvalue weighted by Gasteiger charge is 1.97. The molecule has 1 aromatic carbocycles. The first-order valence-electron chi connectivity index (χ1n) is 4.15. The van der Waals surface area contributed by atoms with Gasteiger partial charge in [0.1, 0.15) is 0 Å². The molecule has 1 aromatic heterocycles. The number of hydrogen-bond donors (Lipinski definition) is 0. The Bertz CT molecular complexity index is 388. The van der Waals surface area contributed by atoms with Crippen LogP contribution in [0.25, 0.3) is 10.8 Å². The molecule has 0 N–H and O–H groups in total. The van der Waals surface area contributed by atoms with E-state index >= 15 is 0 Å². The third-order valence-electron chi connectivity index (χ3n) is 2.03. The fourth-order valence-corrected chi connectivity index (χ4v) is 1.40. The van der Waals surface area contributed by atoms with Gasteiger partial charge >= 0.3 is 0 Å². The van der Waals surface area contributed by atoms with Crippen molar-refractivity contribution in [2.45, 2.75) is 13.3 Å². The highest BCUT2D eigenvalue weighted by atomic mass is 14.7. The van der Waals surface area contributed by atoms with Crippen molar-refractivity contribution in [2.75, 3.05) is 0 Å². The number of pyridine rings is 1. The van der Waals surface area contributed by atoms with Crippen molar-refractivity contribution in [1.82, 2.24) is 4.98 Å². The van der Waals surface area contributed by atoms with Crippen LogP contribution in [0.3, 0.4) is 0 Å². The Hall–Kier alpha value is -1.37. The first-order chi connectivity index (χ1) is 5.92. The predicted molar refractivity (Wildman–Crippen MR) is 50.0 cm³/mol. The van der Waals surface area contributed by atoms with Crippen LogP contribution in [0.4, 0.5) is 0 Å². The summed E-state index contributed by atoms with van der Waals surface area (Å²) in [6, 6.07) is 11.1. The Labute approximate surface area is 72.1 Å². The minimum absolute atomic E-state index is 0.987. The fraction of sp³-hybridized carbons (Fsp3) is 0.182. The first kappa shape index (κ1) is 7.29. The molecule has 1 radical (unpaired) electrons. The summed E-state index contributed by atoms with van der Waals surface area (Å²) in [7, 11) is 0. The Balaban J connectivity index is 2.79. The summed E-state index contributed by atoms with van der Waals surface area (Å²) in [4.78, 5) is 4.31. The van der Waals surface area contributed by atoms with E-state index in [1.807, 2.05) is 24.4 Å². The molecule has 0 spiro atoms. The van der Waals surface area contributed by atoms with Crippen LogP contribution in [0.2, 0.25) is 0 Å². The van der Waals surface area contributed by atoms with Gasteiger partial charge in [0, 0.05) is 17.3 Å². The highest BCUT2D eigenvalue weighted by Crippen LogP contribution is 2.15. The van der Waals surface area contributed by atoms with E-state index in [0.717, 1.165) is 6.42 Å². The summed E-state index contributed by atoms with van der Waals surface area (Å²) in [6.45, 7) is 2.12. The lowest BCUT2D eigenvalue weighted by Crippen LogP contribution is -1.87. The number of hydrogen-bond acceptors (Lipinski definition) is 1. The van der Waals surface area contributed by atoms with Crippen LogP contribution in [0.1, 0.15) is 12.6 Å². The maximum atomic E-state index is 4.31. The monoisotopic (exact) mass is 156 g/mol. The van der Waals surface area contributed by atoms with Crippen LogP contribution in [0.15, 0.2) is 30.5 Å². The van der Waals surface area contributed by atoms with Crippen molar-refractivity contribution < 1.29 is 0 Å². The van der Waals surface area contributed by atoms with Gasteiger partial charge in [0.15, 0.2) is 0 Å². The lowest BCUT2D eigenvalue weighted by Gasteiger charge is -2.00. The van der Waals surface area contributed by atoms with E-state index < -0.39 is 0 Å². The van der Waals surface area contributed by atoms with Crippen molar-refractivity contribution in [1.29, 1.82) is 0 Å². The smallest absolute Gasteiger partial charge is 0.0479 e. The van der Waals surface area contributed by atoms with Crippen molar-refractivity contribution in [3.63, 3.8) is 0 Å². The third kappa shape index (κ3) is 1.07. The zero-order valence-corrected chi connectivity index (χ0v) is 7.04. The van der Waals surface area contributed by atoms with E-state index in [1.165, 1.54) is 16.5 Å². The summed E-state index contributed by atoms with van der Waals surface area (Å²) in [5.74, 6) is 0. The van der Waals surface area contributed by atoms with Gasteiger partial charge < -0.3 is 0 Å². The number of benzene rings is 1. The van der Waals surface area contributed by atoms with Gasteiger partial charge in [0.25, 0.3) is 0 Å². The summed E-state index contributed by atoms with van der Waals surface area (Å²) >= 11 is 0. The molecular formula is C11H10N. The van der Waals surface area contributed by atoms with Gasteiger partial charge in [0.05, 0.1) is 0 Å². The van der Waals surface area contributed by atoms with E-state index in [0.29, 0.717) is 0 Å². The summed E-state index contributed by atoms with van der Waals surface area (Å²) in [5.41, 5.74) is 1.17. The highest BCUT2D eigenvalue weighted by molar-refractivity contribution is 5.84. The molecule has 0 amide bonds. The average Bonchev–Trinajstić information content (AvgIpc) is 2.17. The number of nitrogens with zero attached hydrogens (tertiary/aromatic N) is 1. The quantitative estimate of drug-likeness (QED) is 0.618. The molecule has 0 saturated carbocycles. The van der Waals surface area contributed by atoms with Gasteiger partial charge in [0.2, 0.25) is 0 Å². The zero-order chi connectivity index (χ0) is 8.39. The van der Waals surface area contributed by atoms with Gasteiger partial charge in [-0.3, -0.25) is 4.98 Å². The molecule has 0 bridgehead atoms. The van der Waals surface area contributed by atoms with Gasteiger partial charge in [-0.25, -0.2) is 0 Å². The Morgan fingerprint density at radius 3 is 3.17 bits per heavy atom. The zero-order valence-electron chi connectivity index (χ0n) is 7.04. The van der Waals surface area contributed by atoms with Gasteiger partial charge in [-0.05, 0) is 30.0 Å². The summed E-state index contributed by atoms with van der Waals surface area (Å²) < 4.78 is 0. The van der Waals surface area contributed by atoms with Crippen LogP contribution in [0.5, 0.6) is 0 Å². The van der Waals surface area contributed by atoms with Crippen molar-refractivity contribution >= 4 is 10.8 Å². The molecule has 0 aliphatic carbocycles. The molecule has 0 unspecified atom stereocenters. The van der Waals surface area contributed by atoms with Gasteiger partial charge in [-0.2, -0.15) is 0 Å². The summed E-state index contributed by atoms with van der Waals surface area (Å²) in [5, 5.41) is 2.48. The molecule has 12 heavy (non-hydrogen) atoms. The molecule has 0 saturated heterocycles. The lowest BCUT2D eigenvalue weighted by atomic mass is 10.1. The van der Waals surface area contributed by atoms with Crippen LogP contribution in [0, 0.1) is 6.07 Å². The molecule has 2 aromatic rings. The van der Waals surface area contributed by atoms with Crippen LogP contribution in [-0.4, -0.2) is 4.98 Å². The predicted octanol–water partition coefficient (Wildman–Crippen LogP) is 2.60. The molecule has 1 heteroatoms. The Morgan fingerprint density at radius 2 is 2.33 bits per heavy atom. The second kappa shape index (κ2) is 2.94. The lowest BCUT2D eigenvalue weighted by molar-refractivity contribution is 1.06. The maximum Gasteiger partial charge on any atom is 0.0479 e. The van der Waals surface area contributed by atoms with Crippen molar-refractivity contribution in [3.8, 4) is 0 Å². The second-order valence-electron chi connectivity index (χ2n) is 2.76. The molecule has 2 rings (SSSR count). The second-order valence-corrected chi connectivity index (χ2v) is 2.76. The molecule has 0 fully saturated rings. The minimum Gasteiger partial charge on any atom is -0.261 e. The largest absolute Gasteiger partial charge is 0.261 e. The van der Waals surface area contributed by atoms with Crippen molar-refractivity contribution in [2.24, 2.45) is 0 Å². The first-order valence-corrected chi connectivity index (χ1v) is 4.15. The average molecular weight is 156 g/mol. The minimum atomic E-state index is 0.987. The normalized spacial score (nSPS) is 10.4. The fourth-order valence-electron chi connectivity index (χ4n) is 1.40. The van der Waals surface area contributed by atoms with Crippen molar-refractivity contribution in [3.05, 3.63) is 42.2 Å². The third-order valence-corrected chi connectivity index (χ3v) is 2.03. The maximum absolute atomic E-state index is 4.31. The van der Waals surface area contributed by atoms with Crippen LogP contribution in [-0.2, 0) is 6.42 Å². The van der Waals surface area contributed by atoms with Crippen LogP contribution >= 0.6 is 0 Å². The number of rotatable bonds is 1. The van der Waals surface area contributed by atoms with Gasteiger partial charge in [-0.15, -0.1) is 0 Å². The van der Waals surface area contributed by atoms with E-state index in [1.54, 1.807) is 0 Å². The summed E-state index contributed by atoms with van der Waals surface area (Å²) in [6.07, 6.45) is 2.84. The molecule has 0 aliphatic heterocycles. The molecule has 1 nitrogen and oxygen atoms in total. The Morgan fingerprint density at radius 1 is 1.42 bits per heavy atom. The molecule has 0 aliphatic rings. The number of fused-ring (bicyclic) bond motifs is 1. The van der Waals surface area contributed by atoms with E-state index in [-0.39, 0.29) is 0 Å². The number of aryl methyl sites for hydroxylation is 1. The van der Waals surface area contributed by atoms with E-state index in [4.69, 9.17) is 0 Å². The van der Waals surface area contributed by atoms with E-state index in [2.05, 4.69) is 24.0 Å². The molecule has 59 valence electrons. The topological polar surface area (TPSA) is 12.9 Å². The van der Waals surface area contributed by atoms with Crippen LogP contribution < -0.4 is 0 Å². The SMILES string of the molecule is CCc1nccc2c[c]ccc12. The van der Waals surface area contributed by atoms with E-state index in [9.17, 15) is 0 Å². The van der Waals surface area contributed by atoms with Gasteiger partial charge in [-0.1, -0.05) is 19.1 Å². The molecular weight excluding hydrogens is 146 g/mol. The number of aromatic nitrogens is 1. The molecule has 0 atom stereocenters. The Kier molecular flexibility index (Phi) is 1.78.